The van der Waals surface area contributed by atoms with E-state index in [1.807, 2.05) is 0 Å². The molecule has 0 aromatic rings. The van der Waals surface area contributed by atoms with Crippen molar-refractivity contribution < 1.29 is 4.74 Å². The first-order valence-electron chi connectivity index (χ1n) is 6.17. The van der Waals surface area contributed by atoms with E-state index in [1.54, 1.807) is 0 Å². The van der Waals surface area contributed by atoms with Gasteiger partial charge in [0.15, 0.2) is 0 Å². The second kappa shape index (κ2) is 4.63. The van der Waals surface area contributed by atoms with Crippen LogP contribution < -0.4 is 5.32 Å². The summed E-state index contributed by atoms with van der Waals surface area (Å²) in [7, 11) is 0. The molecule has 14 heavy (non-hydrogen) atoms. The molecule has 4 unspecified atom stereocenters. The van der Waals surface area contributed by atoms with Crippen LogP contribution in [0, 0.1) is 5.92 Å². The van der Waals surface area contributed by atoms with Gasteiger partial charge in [-0.1, -0.05) is 13.3 Å². The summed E-state index contributed by atoms with van der Waals surface area (Å²) in [5.74, 6) is 0.984. The summed E-state index contributed by atoms with van der Waals surface area (Å²) in [6, 6.07) is 1.57. The van der Waals surface area contributed by atoms with Crippen LogP contribution in [0.1, 0.15) is 46.0 Å². The molecule has 0 spiro atoms. The fraction of sp³-hybridized carbons (Fsp3) is 1.00. The highest BCUT2D eigenvalue weighted by atomic mass is 16.5. The van der Waals surface area contributed by atoms with Crippen molar-refractivity contribution in [2.45, 2.75) is 64.1 Å². The Balaban J connectivity index is 1.66. The van der Waals surface area contributed by atoms with Gasteiger partial charge in [-0.05, 0) is 38.5 Å². The third-order valence-electron chi connectivity index (χ3n) is 3.52. The summed E-state index contributed by atoms with van der Waals surface area (Å²) in [5.41, 5.74) is 0. The largest absolute Gasteiger partial charge is 0.378 e. The topological polar surface area (TPSA) is 21.3 Å². The molecule has 2 heteroatoms. The van der Waals surface area contributed by atoms with Gasteiger partial charge in [0, 0.05) is 18.7 Å². The maximum absolute atomic E-state index is 5.54. The van der Waals surface area contributed by atoms with E-state index in [9.17, 15) is 0 Å². The van der Waals surface area contributed by atoms with Gasteiger partial charge < -0.3 is 10.1 Å². The van der Waals surface area contributed by atoms with Gasteiger partial charge in [0.05, 0.1) is 6.10 Å². The lowest BCUT2D eigenvalue weighted by molar-refractivity contribution is 0.0128. The molecule has 1 N–H and O–H groups in total. The molecule has 1 saturated heterocycles. The summed E-state index contributed by atoms with van der Waals surface area (Å²) >= 11 is 0. The molecule has 0 bridgehead atoms. The molecule has 4 atom stereocenters. The quantitative estimate of drug-likeness (QED) is 0.747. The highest BCUT2D eigenvalue weighted by Gasteiger charge is 2.37. The molecule has 0 radical (unpaired) electrons. The minimum atomic E-state index is 0.463. The number of hydrogen-bond acceptors (Lipinski definition) is 2. The van der Waals surface area contributed by atoms with Crippen LogP contribution in [-0.2, 0) is 4.74 Å². The normalized spacial score (nSPS) is 42.4. The van der Waals surface area contributed by atoms with Crippen molar-refractivity contribution in [3.05, 3.63) is 0 Å². The van der Waals surface area contributed by atoms with Crippen molar-refractivity contribution in [1.82, 2.24) is 5.32 Å². The van der Waals surface area contributed by atoms with Crippen LogP contribution in [0.25, 0.3) is 0 Å². The van der Waals surface area contributed by atoms with Crippen molar-refractivity contribution in [2.75, 3.05) is 6.61 Å². The monoisotopic (exact) mass is 197 g/mol. The van der Waals surface area contributed by atoms with E-state index in [0.717, 1.165) is 24.6 Å². The Morgan fingerprint density at radius 2 is 2.21 bits per heavy atom. The highest BCUT2D eigenvalue weighted by molar-refractivity contribution is 4.95. The van der Waals surface area contributed by atoms with Gasteiger partial charge >= 0.3 is 0 Å². The van der Waals surface area contributed by atoms with E-state index in [-0.39, 0.29) is 0 Å². The van der Waals surface area contributed by atoms with Gasteiger partial charge in [0.1, 0.15) is 0 Å². The first-order chi connectivity index (χ1) is 6.79. The maximum Gasteiger partial charge on any atom is 0.0561 e. The van der Waals surface area contributed by atoms with Crippen LogP contribution in [0.5, 0.6) is 0 Å². The molecule has 2 rings (SSSR count). The van der Waals surface area contributed by atoms with Gasteiger partial charge in [-0.3, -0.25) is 0 Å². The van der Waals surface area contributed by atoms with Crippen molar-refractivity contribution in [3.63, 3.8) is 0 Å². The van der Waals surface area contributed by atoms with Crippen LogP contribution in [-0.4, -0.2) is 24.8 Å². The van der Waals surface area contributed by atoms with Crippen LogP contribution in [0.2, 0.25) is 0 Å². The fourth-order valence-corrected chi connectivity index (χ4v) is 2.59. The average molecular weight is 197 g/mol. The summed E-state index contributed by atoms with van der Waals surface area (Å²) in [6.45, 7) is 5.42. The lowest BCUT2D eigenvalue weighted by Crippen LogP contribution is -2.39. The van der Waals surface area contributed by atoms with E-state index >= 15 is 0 Å². The Bertz CT molecular complexity index is 183. The zero-order valence-corrected chi connectivity index (χ0v) is 9.46. The van der Waals surface area contributed by atoms with Gasteiger partial charge in [-0.15, -0.1) is 0 Å². The van der Waals surface area contributed by atoms with E-state index in [2.05, 4.69) is 19.2 Å². The Labute approximate surface area is 87.4 Å². The second-order valence-corrected chi connectivity index (χ2v) is 4.96. The lowest BCUT2D eigenvalue weighted by atomic mass is 10.0. The molecule has 2 fully saturated rings. The maximum atomic E-state index is 5.54. The van der Waals surface area contributed by atoms with Crippen molar-refractivity contribution in [1.29, 1.82) is 0 Å². The standard InChI is InChI=1S/C12H23NO/c1-3-4-10-8-12(10)13-11-5-6-14-9(2)7-11/h9-13H,3-8H2,1-2H3. The zero-order chi connectivity index (χ0) is 9.97. The molecule has 0 aromatic heterocycles. The number of nitrogens with one attached hydrogen (secondary N) is 1. The molecular weight excluding hydrogens is 174 g/mol. The number of hydrogen-bond donors (Lipinski definition) is 1. The van der Waals surface area contributed by atoms with Crippen LogP contribution in [0.15, 0.2) is 0 Å². The van der Waals surface area contributed by atoms with Gasteiger partial charge in [-0.2, -0.15) is 0 Å². The molecule has 1 aliphatic heterocycles. The molecule has 0 amide bonds. The van der Waals surface area contributed by atoms with Gasteiger partial charge in [-0.25, -0.2) is 0 Å². The molecule has 82 valence electrons. The van der Waals surface area contributed by atoms with Crippen LogP contribution in [0.3, 0.4) is 0 Å². The number of ether oxygens (including phenoxy) is 1. The third-order valence-corrected chi connectivity index (χ3v) is 3.52. The van der Waals surface area contributed by atoms with Crippen LogP contribution >= 0.6 is 0 Å². The van der Waals surface area contributed by atoms with Crippen molar-refractivity contribution in [2.24, 2.45) is 5.92 Å². The summed E-state index contributed by atoms with van der Waals surface area (Å²) in [4.78, 5) is 0. The minimum Gasteiger partial charge on any atom is -0.378 e. The third kappa shape index (κ3) is 2.71. The Morgan fingerprint density at radius 1 is 1.36 bits per heavy atom. The lowest BCUT2D eigenvalue weighted by Gasteiger charge is -2.28. The van der Waals surface area contributed by atoms with Gasteiger partial charge in [0.2, 0.25) is 0 Å². The molecule has 1 aliphatic carbocycles. The van der Waals surface area contributed by atoms with Crippen molar-refractivity contribution >= 4 is 0 Å². The van der Waals surface area contributed by atoms with E-state index < -0.39 is 0 Å². The first kappa shape index (κ1) is 10.4. The summed E-state index contributed by atoms with van der Waals surface area (Å²) < 4.78 is 5.54. The molecule has 2 aliphatic rings. The molecule has 1 saturated carbocycles. The predicted molar refractivity (Wildman–Crippen MR) is 58.4 cm³/mol. The Morgan fingerprint density at radius 3 is 2.93 bits per heavy atom. The minimum absolute atomic E-state index is 0.463. The predicted octanol–water partition coefficient (Wildman–Crippen LogP) is 2.33. The Kier molecular flexibility index (Phi) is 3.45. The smallest absolute Gasteiger partial charge is 0.0561 e. The van der Waals surface area contributed by atoms with E-state index in [0.29, 0.717) is 6.10 Å². The highest BCUT2D eigenvalue weighted by Crippen LogP contribution is 2.35. The molecule has 1 heterocycles. The second-order valence-electron chi connectivity index (χ2n) is 4.96. The molecule has 2 nitrogen and oxygen atoms in total. The average Bonchev–Trinajstić information content (AvgIpc) is 2.84. The van der Waals surface area contributed by atoms with Crippen molar-refractivity contribution in [3.8, 4) is 0 Å². The van der Waals surface area contributed by atoms with Crippen LogP contribution in [0.4, 0.5) is 0 Å². The number of rotatable bonds is 4. The van der Waals surface area contributed by atoms with E-state index in [4.69, 9.17) is 4.74 Å². The zero-order valence-electron chi connectivity index (χ0n) is 9.46. The molecule has 0 aromatic carbocycles. The van der Waals surface area contributed by atoms with Gasteiger partial charge in [0.25, 0.3) is 0 Å². The fourth-order valence-electron chi connectivity index (χ4n) is 2.59. The summed E-state index contributed by atoms with van der Waals surface area (Å²) in [6.07, 6.45) is 7.04. The summed E-state index contributed by atoms with van der Waals surface area (Å²) in [5, 5.41) is 3.78. The molecular formula is C12H23NO. The SMILES string of the molecule is CCCC1CC1NC1CCOC(C)C1. The Hall–Kier alpha value is -0.0800. The van der Waals surface area contributed by atoms with E-state index in [1.165, 1.54) is 32.1 Å². The first-order valence-corrected chi connectivity index (χ1v) is 6.17.